The van der Waals surface area contributed by atoms with Crippen LogP contribution in [0.15, 0.2) is 54.6 Å². The van der Waals surface area contributed by atoms with Crippen LogP contribution in [-0.4, -0.2) is 28.6 Å². The van der Waals surface area contributed by atoms with Crippen molar-refractivity contribution in [1.82, 2.24) is 5.32 Å². The molecule has 5 rings (SSSR count). The SMILES string of the molecule is CCC1(c2ccc(N3C(=O)c4cccc5cc([N+](=O)[O-])cc(c45)C3=O)cc2)CCC(=O)NC1=O. The van der Waals surface area contributed by atoms with Crippen LogP contribution in [0.1, 0.15) is 52.5 Å². The minimum Gasteiger partial charge on any atom is -0.296 e. The lowest BCUT2D eigenvalue weighted by molar-refractivity contribution is -0.384. The highest BCUT2D eigenvalue weighted by molar-refractivity contribution is 6.36. The Hall–Kier alpha value is -4.40. The first-order valence-corrected chi connectivity index (χ1v) is 10.8. The molecule has 4 amide bonds. The largest absolute Gasteiger partial charge is 0.296 e. The molecule has 3 aromatic carbocycles. The molecule has 0 bridgehead atoms. The molecule has 0 radical (unpaired) electrons. The Kier molecular flexibility index (Phi) is 4.78. The Morgan fingerprint density at radius 3 is 2.35 bits per heavy atom. The van der Waals surface area contributed by atoms with Crippen LogP contribution in [0.3, 0.4) is 0 Å². The lowest BCUT2D eigenvalue weighted by atomic mass is 9.72. The van der Waals surface area contributed by atoms with Gasteiger partial charge in [0, 0.05) is 29.5 Å². The summed E-state index contributed by atoms with van der Waals surface area (Å²) in [6.07, 6.45) is 1.07. The number of carbonyl (C=O) groups excluding carboxylic acids is 4. The van der Waals surface area contributed by atoms with Gasteiger partial charge in [-0.1, -0.05) is 31.2 Å². The van der Waals surface area contributed by atoms with Crippen LogP contribution in [0.2, 0.25) is 0 Å². The summed E-state index contributed by atoms with van der Waals surface area (Å²) in [5.41, 5.74) is 0.215. The van der Waals surface area contributed by atoms with E-state index in [1.54, 1.807) is 42.5 Å². The van der Waals surface area contributed by atoms with Gasteiger partial charge < -0.3 is 0 Å². The smallest absolute Gasteiger partial charge is 0.270 e. The maximum absolute atomic E-state index is 13.4. The van der Waals surface area contributed by atoms with E-state index >= 15 is 0 Å². The normalized spacial score (nSPS) is 20.0. The van der Waals surface area contributed by atoms with Gasteiger partial charge in [-0.05, 0) is 42.0 Å². The first-order chi connectivity index (χ1) is 16.3. The fourth-order valence-corrected chi connectivity index (χ4v) is 4.93. The van der Waals surface area contributed by atoms with Gasteiger partial charge in [0.2, 0.25) is 11.8 Å². The van der Waals surface area contributed by atoms with E-state index in [-0.39, 0.29) is 40.7 Å². The summed E-state index contributed by atoms with van der Waals surface area (Å²) in [5, 5.41) is 14.6. The third-order valence-electron chi connectivity index (χ3n) is 6.79. The first kappa shape index (κ1) is 21.4. The van der Waals surface area contributed by atoms with Gasteiger partial charge in [-0.15, -0.1) is 0 Å². The molecule has 2 aliphatic rings. The predicted molar refractivity (Wildman–Crippen MR) is 123 cm³/mol. The number of hydrogen-bond acceptors (Lipinski definition) is 6. The molecule has 0 aromatic heterocycles. The third-order valence-corrected chi connectivity index (χ3v) is 6.79. The van der Waals surface area contributed by atoms with Crippen molar-refractivity contribution in [3.05, 3.63) is 81.4 Å². The van der Waals surface area contributed by atoms with Gasteiger partial charge in [-0.25, -0.2) is 4.90 Å². The van der Waals surface area contributed by atoms with Gasteiger partial charge in [0.1, 0.15) is 0 Å². The molecule has 1 unspecified atom stereocenters. The number of nitro benzene ring substituents is 1. The number of non-ortho nitro benzene ring substituents is 1. The summed E-state index contributed by atoms with van der Waals surface area (Å²) in [6.45, 7) is 1.87. The van der Waals surface area contributed by atoms with E-state index in [0.717, 1.165) is 4.90 Å². The van der Waals surface area contributed by atoms with Crippen molar-refractivity contribution in [3.8, 4) is 0 Å². The van der Waals surface area contributed by atoms with Crippen molar-refractivity contribution in [2.24, 2.45) is 0 Å². The molecule has 9 nitrogen and oxygen atoms in total. The zero-order valence-electron chi connectivity index (χ0n) is 18.2. The molecule has 3 aromatic rings. The lowest BCUT2D eigenvalue weighted by Crippen LogP contribution is -2.51. The number of hydrogen-bond donors (Lipinski definition) is 1. The maximum atomic E-state index is 13.4. The molecule has 2 aliphatic heterocycles. The summed E-state index contributed by atoms with van der Waals surface area (Å²) < 4.78 is 0. The van der Waals surface area contributed by atoms with Gasteiger partial charge in [0.05, 0.1) is 21.6 Å². The molecule has 1 atom stereocenters. The fraction of sp³-hybridized carbons (Fsp3) is 0.200. The fourth-order valence-electron chi connectivity index (χ4n) is 4.93. The van der Waals surface area contributed by atoms with E-state index < -0.39 is 22.2 Å². The van der Waals surface area contributed by atoms with E-state index in [1.807, 2.05) is 6.92 Å². The summed E-state index contributed by atoms with van der Waals surface area (Å²) >= 11 is 0. The number of rotatable bonds is 4. The number of nitrogens with zero attached hydrogens (tertiary/aromatic N) is 2. The number of amides is 4. The molecule has 9 heteroatoms. The van der Waals surface area contributed by atoms with Gasteiger partial charge in [0.25, 0.3) is 17.5 Å². The zero-order chi connectivity index (χ0) is 24.2. The number of carbonyl (C=O) groups is 4. The molecule has 0 aliphatic carbocycles. The Bertz CT molecular complexity index is 1430. The van der Waals surface area contributed by atoms with E-state index in [1.165, 1.54) is 12.1 Å². The summed E-state index contributed by atoms with van der Waals surface area (Å²) in [7, 11) is 0. The molecule has 0 spiro atoms. The minimum atomic E-state index is -0.874. The van der Waals surface area contributed by atoms with Crippen LogP contribution in [0.4, 0.5) is 11.4 Å². The topological polar surface area (TPSA) is 127 Å². The Balaban J connectivity index is 1.58. The predicted octanol–water partition coefficient (Wildman–Crippen LogP) is 3.63. The highest BCUT2D eigenvalue weighted by Gasteiger charge is 2.43. The number of imide groups is 2. The highest BCUT2D eigenvalue weighted by Crippen LogP contribution is 2.39. The summed E-state index contributed by atoms with van der Waals surface area (Å²) in [5.74, 6) is -1.86. The molecule has 1 N–H and O–H groups in total. The van der Waals surface area contributed by atoms with Crippen LogP contribution in [0, 0.1) is 10.1 Å². The van der Waals surface area contributed by atoms with Crippen LogP contribution in [-0.2, 0) is 15.0 Å². The zero-order valence-corrected chi connectivity index (χ0v) is 18.2. The van der Waals surface area contributed by atoms with Gasteiger partial charge >= 0.3 is 0 Å². The minimum absolute atomic E-state index is 0.0821. The standard InChI is InChI=1S/C25H19N3O6/c1-2-25(11-10-20(29)26-24(25)32)15-6-8-16(9-7-15)27-22(30)18-5-3-4-14-12-17(28(33)34)13-19(21(14)18)23(27)31/h3-9,12-13H,2,10-11H2,1H3,(H,26,29,32). The monoisotopic (exact) mass is 457 g/mol. The second kappa shape index (κ2) is 7.58. The Morgan fingerprint density at radius 2 is 1.71 bits per heavy atom. The maximum Gasteiger partial charge on any atom is 0.270 e. The molecule has 0 saturated carbocycles. The molecule has 1 fully saturated rings. The summed E-state index contributed by atoms with van der Waals surface area (Å²) in [6, 6.07) is 13.9. The van der Waals surface area contributed by atoms with Crippen molar-refractivity contribution in [2.75, 3.05) is 4.90 Å². The van der Waals surface area contributed by atoms with Crippen molar-refractivity contribution in [3.63, 3.8) is 0 Å². The van der Waals surface area contributed by atoms with Crippen LogP contribution in [0.5, 0.6) is 0 Å². The quantitative estimate of drug-likeness (QED) is 0.362. The Labute approximate surface area is 193 Å². The second-order valence-corrected chi connectivity index (χ2v) is 8.46. The van der Waals surface area contributed by atoms with Crippen molar-refractivity contribution < 1.29 is 24.1 Å². The average Bonchev–Trinajstić information content (AvgIpc) is 2.83. The van der Waals surface area contributed by atoms with E-state index in [0.29, 0.717) is 29.2 Å². The number of benzene rings is 3. The van der Waals surface area contributed by atoms with Crippen molar-refractivity contribution in [2.45, 2.75) is 31.6 Å². The molecule has 34 heavy (non-hydrogen) atoms. The third kappa shape index (κ3) is 3.01. The van der Waals surface area contributed by atoms with Crippen LogP contribution in [0.25, 0.3) is 10.8 Å². The number of piperidine rings is 1. The average molecular weight is 457 g/mol. The van der Waals surface area contributed by atoms with E-state index in [4.69, 9.17) is 0 Å². The number of nitro groups is 1. The van der Waals surface area contributed by atoms with Crippen LogP contribution < -0.4 is 10.2 Å². The van der Waals surface area contributed by atoms with Crippen molar-refractivity contribution >= 4 is 45.8 Å². The highest BCUT2D eigenvalue weighted by atomic mass is 16.6. The van der Waals surface area contributed by atoms with Crippen LogP contribution >= 0.6 is 0 Å². The lowest BCUT2D eigenvalue weighted by Gasteiger charge is -2.35. The second-order valence-electron chi connectivity index (χ2n) is 8.46. The molecular weight excluding hydrogens is 438 g/mol. The first-order valence-electron chi connectivity index (χ1n) is 10.8. The Morgan fingerprint density at radius 1 is 1.00 bits per heavy atom. The van der Waals surface area contributed by atoms with Crippen molar-refractivity contribution in [1.29, 1.82) is 0 Å². The molecule has 1 saturated heterocycles. The van der Waals surface area contributed by atoms with Gasteiger partial charge in [0.15, 0.2) is 0 Å². The number of nitrogens with one attached hydrogen (secondary N) is 1. The van der Waals surface area contributed by atoms with E-state index in [2.05, 4.69) is 5.32 Å². The van der Waals surface area contributed by atoms with Gasteiger partial charge in [-0.2, -0.15) is 0 Å². The number of anilines is 1. The van der Waals surface area contributed by atoms with Gasteiger partial charge in [-0.3, -0.25) is 34.6 Å². The molecule has 2 heterocycles. The summed E-state index contributed by atoms with van der Waals surface area (Å²) in [4.78, 5) is 62.8. The van der Waals surface area contributed by atoms with E-state index in [9.17, 15) is 29.3 Å². The molecular formula is C25H19N3O6. The molecule has 170 valence electrons.